The fraction of sp³-hybridized carbons (Fsp3) is 0.227. The molecule has 29 heavy (non-hydrogen) atoms. The number of ether oxygens (including phenoxy) is 1. The van der Waals surface area contributed by atoms with E-state index in [9.17, 15) is 14.4 Å². The van der Waals surface area contributed by atoms with Gasteiger partial charge in [0.2, 0.25) is 0 Å². The molecule has 7 nitrogen and oxygen atoms in total. The van der Waals surface area contributed by atoms with Gasteiger partial charge in [0.05, 0.1) is 17.4 Å². The summed E-state index contributed by atoms with van der Waals surface area (Å²) in [4.78, 5) is 36.5. The van der Waals surface area contributed by atoms with Crippen molar-refractivity contribution in [1.82, 2.24) is 10.6 Å². The van der Waals surface area contributed by atoms with Gasteiger partial charge in [0.15, 0.2) is 0 Å². The highest BCUT2D eigenvalue weighted by atomic mass is 16.5. The van der Waals surface area contributed by atoms with E-state index in [1.165, 1.54) is 0 Å². The lowest BCUT2D eigenvalue weighted by Gasteiger charge is -2.12. The molecule has 0 saturated carbocycles. The lowest BCUT2D eigenvalue weighted by atomic mass is 10.1. The molecule has 0 aromatic heterocycles. The Hall–Kier alpha value is -3.61. The Balaban J connectivity index is 1.93. The van der Waals surface area contributed by atoms with Crippen LogP contribution in [-0.4, -0.2) is 30.4 Å². The first-order chi connectivity index (χ1) is 13.9. The lowest BCUT2D eigenvalue weighted by Crippen LogP contribution is -2.35. The zero-order valence-electron chi connectivity index (χ0n) is 16.5. The first-order valence-electron chi connectivity index (χ1n) is 9.23. The molecule has 0 bridgehead atoms. The van der Waals surface area contributed by atoms with E-state index in [1.54, 1.807) is 42.5 Å². The Morgan fingerprint density at radius 1 is 1.00 bits per heavy atom. The van der Waals surface area contributed by atoms with Crippen molar-refractivity contribution in [2.75, 3.05) is 11.9 Å². The van der Waals surface area contributed by atoms with Crippen LogP contribution in [0.3, 0.4) is 0 Å². The summed E-state index contributed by atoms with van der Waals surface area (Å²) in [6, 6.07) is 13.7. The van der Waals surface area contributed by atoms with Gasteiger partial charge in [-0.15, -0.1) is 6.58 Å². The molecule has 152 valence electrons. The average molecular weight is 395 g/mol. The highest BCUT2D eigenvalue weighted by Crippen LogP contribution is 2.15. The predicted molar refractivity (Wildman–Crippen MR) is 112 cm³/mol. The summed E-state index contributed by atoms with van der Waals surface area (Å²) in [6.07, 6.45) is 1.62. The normalized spacial score (nSPS) is 10.2. The zero-order valence-corrected chi connectivity index (χ0v) is 16.5. The molecule has 0 aliphatic rings. The topological polar surface area (TPSA) is 96.5 Å². The minimum atomic E-state index is -0.853. The first-order valence-corrected chi connectivity index (χ1v) is 9.23. The zero-order chi connectivity index (χ0) is 21.2. The second-order valence-corrected chi connectivity index (χ2v) is 6.49. The van der Waals surface area contributed by atoms with Gasteiger partial charge in [0.25, 0.3) is 5.91 Å². The van der Waals surface area contributed by atoms with Crippen LogP contribution in [0.2, 0.25) is 0 Å². The maximum absolute atomic E-state index is 12.2. The van der Waals surface area contributed by atoms with Crippen LogP contribution in [0.5, 0.6) is 5.75 Å². The molecule has 0 unspecified atom stereocenters. The summed E-state index contributed by atoms with van der Waals surface area (Å²) in [5.41, 5.74) is 1.34. The van der Waals surface area contributed by atoms with Gasteiger partial charge in [-0.1, -0.05) is 30.3 Å². The Labute approximate surface area is 170 Å². The van der Waals surface area contributed by atoms with Gasteiger partial charge in [-0.2, -0.15) is 0 Å². The predicted octanol–water partition coefficient (Wildman–Crippen LogP) is 2.64. The smallest absolute Gasteiger partial charge is 0.313 e. The van der Waals surface area contributed by atoms with Crippen molar-refractivity contribution < 1.29 is 19.1 Å². The molecular weight excluding hydrogens is 370 g/mol. The average Bonchev–Trinajstić information content (AvgIpc) is 2.71. The molecular formula is C22H25N3O4. The number of para-hydroxylation sites is 1. The van der Waals surface area contributed by atoms with Gasteiger partial charge in [0, 0.05) is 13.1 Å². The van der Waals surface area contributed by atoms with Crippen molar-refractivity contribution in [3.8, 4) is 5.75 Å². The number of carbonyl (C=O) groups is 3. The van der Waals surface area contributed by atoms with E-state index in [2.05, 4.69) is 22.5 Å². The van der Waals surface area contributed by atoms with Gasteiger partial charge in [-0.3, -0.25) is 14.4 Å². The third-order valence-corrected chi connectivity index (χ3v) is 3.78. The number of carbonyl (C=O) groups excluding carboxylic acids is 3. The molecule has 2 aromatic rings. The van der Waals surface area contributed by atoms with Crippen LogP contribution in [0.1, 0.15) is 29.8 Å². The monoisotopic (exact) mass is 395 g/mol. The second kappa shape index (κ2) is 10.7. The summed E-state index contributed by atoms with van der Waals surface area (Å²) in [5, 5.41) is 7.67. The number of nitrogens with one attached hydrogen (secondary N) is 3. The SMILES string of the molecule is C=CCNC(=O)c1ccccc1NC(=O)C(=O)NCc1ccc(OC(C)C)cc1. The molecule has 3 N–H and O–H groups in total. The number of benzene rings is 2. The fourth-order valence-electron chi connectivity index (χ4n) is 2.45. The Morgan fingerprint density at radius 3 is 2.34 bits per heavy atom. The molecule has 0 heterocycles. The van der Waals surface area contributed by atoms with Crippen molar-refractivity contribution in [1.29, 1.82) is 0 Å². The molecule has 2 rings (SSSR count). The van der Waals surface area contributed by atoms with Crippen LogP contribution in [0.15, 0.2) is 61.2 Å². The molecule has 0 radical (unpaired) electrons. The standard InChI is InChI=1S/C22H25N3O4/c1-4-13-23-20(26)18-7-5-6-8-19(18)25-22(28)21(27)24-14-16-9-11-17(12-10-16)29-15(2)3/h4-12,15H,1,13-14H2,2-3H3,(H,23,26)(H,24,27)(H,25,28). The van der Waals surface area contributed by atoms with E-state index >= 15 is 0 Å². The lowest BCUT2D eigenvalue weighted by molar-refractivity contribution is -0.136. The maximum Gasteiger partial charge on any atom is 0.313 e. The van der Waals surface area contributed by atoms with Crippen LogP contribution in [0.25, 0.3) is 0 Å². The molecule has 2 aromatic carbocycles. The summed E-state index contributed by atoms with van der Waals surface area (Å²) < 4.78 is 5.56. The molecule has 3 amide bonds. The number of rotatable bonds is 8. The minimum absolute atomic E-state index is 0.0750. The van der Waals surface area contributed by atoms with Crippen molar-refractivity contribution in [2.45, 2.75) is 26.5 Å². The summed E-state index contributed by atoms with van der Waals surface area (Å²) in [5.74, 6) is -1.29. The van der Waals surface area contributed by atoms with Crippen LogP contribution >= 0.6 is 0 Å². The minimum Gasteiger partial charge on any atom is -0.491 e. The van der Waals surface area contributed by atoms with E-state index in [1.807, 2.05) is 26.0 Å². The van der Waals surface area contributed by atoms with Crippen LogP contribution in [0, 0.1) is 0 Å². The van der Waals surface area contributed by atoms with Crippen LogP contribution in [0.4, 0.5) is 5.69 Å². The summed E-state index contributed by atoms with van der Waals surface area (Å²) in [7, 11) is 0. The summed E-state index contributed by atoms with van der Waals surface area (Å²) in [6.45, 7) is 7.90. The highest BCUT2D eigenvalue weighted by Gasteiger charge is 2.17. The highest BCUT2D eigenvalue weighted by molar-refractivity contribution is 6.40. The van der Waals surface area contributed by atoms with Gasteiger partial charge >= 0.3 is 11.8 Å². The van der Waals surface area contributed by atoms with E-state index in [4.69, 9.17) is 4.74 Å². The van der Waals surface area contributed by atoms with Gasteiger partial charge in [-0.05, 0) is 43.7 Å². The molecule has 0 spiro atoms. The molecule has 0 fully saturated rings. The van der Waals surface area contributed by atoms with E-state index in [0.29, 0.717) is 6.54 Å². The molecule has 0 saturated heterocycles. The first kappa shape index (κ1) is 21.7. The number of hydrogen-bond donors (Lipinski definition) is 3. The van der Waals surface area contributed by atoms with E-state index in [0.717, 1.165) is 11.3 Å². The van der Waals surface area contributed by atoms with Crippen molar-refractivity contribution in [3.05, 3.63) is 72.3 Å². The van der Waals surface area contributed by atoms with Crippen molar-refractivity contribution >= 4 is 23.4 Å². The fourth-order valence-corrected chi connectivity index (χ4v) is 2.45. The van der Waals surface area contributed by atoms with Crippen molar-refractivity contribution in [2.24, 2.45) is 0 Å². The molecule has 0 aliphatic carbocycles. The third-order valence-electron chi connectivity index (χ3n) is 3.78. The molecule has 7 heteroatoms. The Bertz CT molecular complexity index is 876. The quantitative estimate of drug-likeness (QED) is 0.473. The maximum atomic E-state index is 12.2. The summed E-state index contributed by atoms with van der Waals surface area (Å²) >= 11 is 0. The molecule has 0 atom stereocenters. The number of amides is 3. The van der Waals surface area contributed by atoms with Crippen LogP contribution < -0.4 is 20.7 Å². The number of anilines is 1. The molecule has 0 aliphatic heterocycles. The Kier molecular flexibility index (Phi) is 7.97. The van der Waals surface area contributed by atoms with Crippen molar-refractivity contribution in [3.63, 3.8) is 0 Å². The Morgan fingerprint density at radius 2 is 1.69 bits per heavy atom. The van der Waals surface area contributed by atoms with E-state index < -0.39 is 11.8 Å². The third kappa shape index (κ3) is 6.80. The van der Waals surface area contributed by atoms with Gasteiger partial charge in [0.1, 0.15) is 5.75 Å². The van der Waals surface area contributed by atoms with Crippen LogP contribution in [-0.2, 0) is 16.1 Å². The second-order valence-electron chi connectivity index (χ2n) is 6.49. The van der Waals surface area contributed by atoms with Gasteiger partial charge in [-0.25, -0.2) is 0 Å². The number of hydrogen-bond acceptors (Lipinski definition) is 4. The van der Waals surface area contributed by atoms with Gasteiger partial charge < -0.3 is 20.7 Å². The van der Waals surface area contributed by atoms with E-state index in [-0.39, 0.29) is 29.8 Å². The largest absolute Gasteiger partial charge is 0.491 e.